The molecule has 0 aromatic heterocycles. The molecule has 1 aliphatic heterocycles. The maximum Gasteiger partial charge on any atom is 0.306 e. The van der Waals surface area contributed by atoms with Crippen LogP contribution >= 0.6 is 0 Å². The topological polar surface area (TPSA) is 68.1 Å². The van der Waals surface area contributed by atoms with Gasteiger partial charge in [0.15, 0.2) is 0 Å². The van der Waals surface area contributed by atoms with Crippen LogP contribution in [0.5, 0.6) is 0 Å². The number of allylic oxidation sites excluding steroid dienone is 9. The molecule has 0 radical (unpaired) electrons. The summed E-state index contributed by atoms with van der Waals surface area (Å²) in [6.45, 7) is 14.6. The molecular formula is C30H42N2O3. The third-order valence-corrected chi connectivity index (χ3v) is 6.22. The van der Waals surface area contributed by atoms with Crippen molar-refractivity contribution >= 4 is 23.7 Å². The third kappa shape index (κ3) is 9.75. The zero-order valence-corrected chi connectivity index (χ0v) is 22.3. The standard InChI is InChI=1S/C30H42N2O3/c1-8-24(32-30(4,5)6)16-13-22(3)14-17-25-18-28(33)27(20-31-25)26(19-29(34)35-7)23-11-9-10-21(2)12-15-23/h9-11,13,15-16,20,25-27H,3,8,12,14,17-19H2,1-2,4-7H3/b16-13-,32-24?. The number of methoxy groups -OCH3 is 1. The Morgan fingerprint density at radius 2 is 2.09 bits per heavy atom. The summed E-state index contributed by atoms with van der Waals surface area (Å²) in [6.07, 6.45) is 17.8. The molecule has 2 rings (SSSR count). The van der Waals surface area contributed by atoms with E-state index < -0.39 is 5.92 Å². The molecule has 190 valence electrons. The summed E-state index contributed by atoms with van der Waals surface area (Å²) in [5, 5.41) is 0. The molecule has 0 saturated carbocycles. The quantitative estimate of drug-likeness (QED) is 0.203. The number of ether oxygens (including phenoxy) is 1. The molecule has 2 aliphatic rings. The van der Waals surface area contributed by atoms with Crippen LogP contribution in [-0.4, -0.2) is 42.4 Å². The van der Waals surface area contributed by atoms with E-state index in [1.165, 1.54) is 12.7 Å². The first kappa shape index (κ1) is 28.4. The van der Waals surface area contributed by atoms with Crippen molar-refractivity contribution in [2.24, 2.45) is 21.8 Å². The third-order valence-electron chi connectivity index (χ3n) is 6.22. The summed E-state index contributed by atoms with van der Waals surface area (Å²) < 4.78 is 4.93. The second-order valence-electron chi connectivity index (χ2n) is 10.5. The number of hydrogen-bond donors (Lipinski definition) is 0. The first-order valence-electron chi connectivity index (χ1n) is 12.6. The smallest absolute Gasteiger partial charge is 0.306 e. The molecule has 0 aromatic carbocycles. The molecule has 0 bridgehead atoms. The fraction of sp³-hybridized carbons (Fsp3) is 0.533. The normalized spacial score (nSPS) is 22.0. The van der Waals surface area contributed by atoms with E-state index in [1.54, 1.807) is 6.21 Å². The van der Waals surface area contributed by atoms with Gasteiger partial charge >= 0.3 is 5.97 Å². The molecule has 1 heterocycles. The summed E-state index contributed by atoms with van der Waals surface area (Å²) in [6, 6.07) is -0.0564. The summed E-state index contributed by atoms with van der Waals surface area (Å²) in [5.74, 6) is -0.855. The zero-order valence-electron chi connectivity index (χ0n) is 22.3. The molecule has 0 saturated heterocycles. The van der Waals surface area contributed by atoms with Gasteiger partial charge in [0.25, 0.3) is 0 Å². The lowest BCUT2D eigenvalue weighted by atomic mass is 9.77. The van der Waals surface area contributed by atoms with Crippen molar-refractivity contribution in [1.29, 1.82) is 0 Å². The van der Waals surface area contributed by atoms with Gasteiger partial charge in [0, 0.05) is 24.3 Å². The SMILES string of the molecule is C=C(/C=C\C(CC)=NC(C)(C)C)CCC1CC(=O)C(C(CC(=O)OC)C2=CCC(C)=CC=C2)C=N1. The lowest BCUT2D eigenvalue weighted by molar-refractivity contribution is -0.141. The second-order valence-corrected chi connectivity index (χ2v) is 10.5. The molecule has 1 aliphatic carbocycles. The van der Waals surface area contributed by atoms with Gasteiger partial charge in [-0.2, -0.15) is 0 Å². The number of aliphatic imine (C=N–C) groups is 2. The van der Waals surface area contributed by atoms with Crippen LogP contribution in [0.25, 0.3) is 0 Å². The zero-order chi connectivity index (χ0) is 26.0. The number of carbonyl (C=O) groups is 2. The van der Waals surface area contributed by atoms with Crippen LogP contribution in [0.4, 0.5) is 0 Å². The molecule has 0 aromatic rings. The number of hydrogen-bond acceptors (Lipinski definition) is 5. The Hall–Kier alpha value is -2.82. The minimum absolute atomic E-state index is 0.0564. The first-order chi connectivity index (χ1) is 16.5. The number of esters is 1. The van der Waals surface area contributed by atoms with E-state index in [4.69, 9.17) is 14.7 Å². The van der Waals surface area contributed by atoms with E-state index in [0.29, 0.717) is 6.42 Å². The minimum atomic E-state index is -0.413. The van der Waals surface area contributed by atoms with Crippen molar-refractivity contribution < 1.29 is 14.3 Å². The maximum absolute atomic E-state index is 13.2. The fourth-order valence-electron chi connectivity index (χ4n) is 4.27. The molecule has 3 atom stereocenters. The maximum atomic E-state index is 13.2. The van der Waals surface area contributed by atoms with Crippen LogP contribution in [0.15, 0.2) is 69.7 Å². The second kappa shape index (κ2) is 13.3. The fourth-order valence-corrected chi connectivity index (χ4v) is 4.27. The molecule has 5 heteroatoms. The van der Waals surface area contributed by atoms with Crippen LogP contribution < -0.4 is 0 Å². The van der Waals surface area contributed by atoms with Crippen molar-refractivity contribution in [3.05, 3.63) is 59.8 Å². The van der Waals surface area contributed by atoms with Gasteiger partial charge in [0.05, 0.1) is 31.0 Å². The van der Waals surface area contributed by atoms with Gasteiger partial charge in [0.1, 0.15) is 5.78 Å². The number of carbonyl (C=O) groups excluding carboxylic acids is 2. The lowest BCUT2D eigenvalue weighted by Gasteiger charge is -2.28. The van der Waals surface area contributed by atoms with Gasteiger partial charge in [-0.1, -0.05) is 55.0 Å². The first-order valence-corrected chi connectivity index (χ1v) is 12.6. The Morgan fingerprint density at radius 3 is 2.71 bits per heavy atom. The Morgan fingerprint density at radius 1 is 1.34 bits per heavy atom. The highest BCUT2D eigenvalue weighted by Gasteiger charge is 2.34. The summed E-state index contributed by atoms with van der Waals surface area (Å²) >= 11 is 0. The highest BCUT2D eigenvalue weighted by atomic mass is 16.5. The van der Waals surface area contributed by atoms with Crippen LogP contribution in [0.1, 0.15) is 73.1 Å². The number of rotatable bonds is 10. The Bertz CT molecular complexity index is 970. The van der Waals surface area contributed by atoms with Crippen LogP contribution in [0.3, 0.4) is 0 Å². The van der Waals surface area contributed by atoms with Crippen LogP contribution in [0.2, 0.25) is 0 Å². The van der Waals surface area contributed by atoms with E-state index in [1.807, 2.05) is 24.3 Å². The molecule has 35 heavy (non-hydrogen) atoms. The van der Waals surface area contributed by atoms with E-state index in [0.717, 1.165) is 42.5 Å². The molecule has 0 amide bonds. The molecule has 0 spiro atoms. The Balaban J connectivity index is 2.05. The van der Waals surface area contributed by atoms with Gasteiger partial charge in [0.2, 0.25) is 0 Å². The van der Waals surface area contributed by atoms with Gasteiger partial charge in [-0.15, -0.1) is 0 Å². The van der Waals surface area contributed by atoms with E-state index in [-0.39, 0.29) is 35.7 Å². The van der Waals surface area contributed by atoms with Crippen LogP contribution in [0, 0.1) is 11.8 Å². The monoisotopic (exact) mass is 478 g/mol. The molecule has 3 unspecified atom stereocenters. The lowest BCUT2D eigenvalue weighted by Crippen LogP contribution is -2.34. The number of ketones is 1. The predicted octanol–water partition coefficient (Wildman–Crippen LogP) is 6.57. The van der Waals surface area contributed by atoms with Crippen molar-refractivity contribution in [3.8, 4) is 0 Å². The summed E-state index contributed by atoms with van der Waals surface area (Å²) in [4.78, 5) is 34.8. The van der Waals surface area contributed by atoms with Crippen molar-refractivity contribution in [3.63, 3.8) is 0 Å². The van der Waals surface area contributed by atoms with Gasteiger partial charge in [-0.3, -0.25) is 19.6 Å². The average Bonchev–Trinajstić information content (AvgIpc) is 3.02. The highest BCUT2D eigenvalue weighted by Crippen LogP contribution is 2.32. The van der Waals surface area contributed by atoms with Gasteiger partial charge in [-0.05, 0) is 65.0 Å². The van der Waals surface area contributed by atoms with Crippen molar-refractivity contribution in [2.45, 2.75) is 84.7 Å². The largest absolute Gasteiger partial charge is 0.469 e. The minimum Gasteiger partial charge on any atom is -0.469 e. The van der Waals surface area contributed by atoms with E-state index >= 15 is 0 Å². The van der Waals surface area contributed by atoms with Crippen molar-refractivity contribution in [1.82, 2.24) is 0 Å². The van der Waals surface area contributed by atoms with Crippen molar-refractivity contribution in [2.75, 3.05) is 7.11 Å². The van der Waals surface area contributed by atoms with E-state index in [2.05, 4.69) is 53.3 Å². The molecule has 5 nitrogen and oxygen atoms in total. The van der Waals surface area contributed by atoms with Gasteiger partial charge in [-0.25, -0.2) is 0 Å². The number of nitrogens with zero attached hydrogens (tertiary/aromatic N) is 2. The van der Waals surface area contributed by atoms with E-state index in [9.17, 15) is 9.59 Å². The molecule has 0 N–H and O–H groups in total. The highest BCUT2D eigenvalue weighted by molar-refractivity contribution is 5.98. The number of Topliss-reactive ketones (excluding diaryl/α,β-unsaturated/α-hetero) is 1. The average molecular weight is 479 g/mol. The van der Waals surface area contributed by atoms with Crippen LogP contribution in [-0.2, 0) is 14.3 Å². The molecular weight excluding hydrogens is 436 g/mol. The Kier molecular flexibility index (Phi) is 10.8. The summed E-state index contributed by atoms with van der Waals surface area (Å²) in [7, 11) is 1.38. The molecule has 0 fully saturated rings. The Labute approximate surface area is 211 Å². The predicted molar refractivity (Wildman–Crippen MR) is 146 cm³/mol. The summed E-state index contributed by atoms with van der Waals surface area (Å²) in [5.41, 5.74) is 4.19. The van der Waals surface area contributed by atoms with Gasteiger partial charge < -0.3 is 4.74 Å².